The third kappa shape index (κ3) is 6.89. The number of carbonyl (C=O) groups is 2. The summed E-state index contributed by atoms with van der Waals surface area (Å²) in [5.74, 6) is 0.647. The molecule has 0 saturated carbocycles. The molecular weight excluding hydrogens is 432 g/mol. The highest BCUT2D eigenvalue weighted by Gasteiger charge is 2.26. The lowest BCUT2D eigenvalue weighted by atomic mass is 10.0. The highest BCUT2D eigenvalue weighted by molar-refractivity contribution is 9.10. The number of carbonyl (C=O) groups excluding carboxylic acids is 2. The molecule has 0 spiro atoms. The van der Waals surface area contributed by atoms with Crippen LogP contribution in [0.2, 0.25) is 0 Å². The zero-order valence-corrected chi connectivity index (χ0v) is 19.0. The summed E-state index contributed by atoms with van der Waals surface area (Å²) in [4.78, 5) is 26.9. The normalized spacial score (nSPS) is 11.8. The van der Waals surface area contributed by atoms with Crippen molar-refractivity contribution in [3.63, 3.8) is 0 Å². The molecule has 0 aliphatic heterocycles. The van der Waals surface area contributed by atoms with Crippen LogP contribution >= 0.6 is 15.9 Å². The van der Waals surface area contributed by atoms with Crippen molar-refractivity contribution in [1.29, 1.82) is 0 Å². The van der Waals surface area contributed by atoms with E-state index in [0.29, 0.717) is 24.8 Å². The van der Waals surface area contributed by atoms with Crippen molar-refractivity contribution in [2.24, 2.45) is 0 Å². The average molecular weight is 461 g/mol. The average Bonchev–Trinajstić information content (AvgIpc) is 2.70. The van der Waals surface area contributed by atoms with E-state index in [1.54, 1.807) is 11.8 Å². The number of amides is 2. The van der Waals surface area contributed by atoms with Gasteiger partial charge in [0.1, 0.15) is 11.8 Å². The van der Waals surface area contributed by atoms with Crippen molar-refractivity contribution < 1.29 is 14.3 Å². The first kappa shape index (κ1) is 22.9. The Balaban J connectivity index is 2.11. The summed E-state index contributed by atoms with van der Waals surface area (Å²) in [6.07, 6.45) is 0. The van der Waals surface area contributed by atoms with E-state index < -0.39 is 6.04 Å². The van der Waals surface area contributed by atoms with Gasteiger partial charge in [-0.25, -0.2) is 0 Å². The zero-order valence-electron chi connectivity index (χ0n) is 17.4. The first-order chi connectivity index (χ1) is 13.8. The van der Waals surface area contributed by atoms with Crippen LogP contribution in [0, 0.1) is 0 Å². The summed E-state index contributed by atoms with van der Waals surface area (Å²) in [5, 5.41) is 2.79. The second kappa shape index (κ2) is 11.0. The molecule has 156 valence electrons. The molecule has 0 fully saturated rings. The molecule has 29 heavy (non-hydrogen) atoms. The molecule has 0 aliphatic carbocycles. The Kier molecular flexibility index (Phi) is 8.70. The van der Waals surface area contributed by atoms with Gasteiger partial charge in [0.05, 0.1) is 0 Å². The van der Waals surface area contributed by atoms with Crippen LogP contribution in [0.25, 0.3) is 0 Å². The van der Waals surface area contributed by atoms with Gasteiger partial charge in [-0.15, -0.1) is 0 Å². The van der Waals surface area contributed by atoms with Crippen molar-refractivity contribution in [1.82, 2.24) is 10.2 Å². The number of hydrogen-bond acceptors (Lipinski definition) is 3. The number of rotatable bonds is 9. The van der Waals surface area contributed by atoms with E-state index in [1.807, 2.05) is 55.5 Å². The van der Waals surface area contributed by atoms with Crippen LogP contribution in [0.1, 0.15) is 44.7 Å². The topological polar surface area (TPSA) is 58.6 Å². The predicted molar refractivity (Wildman–Crippen MR) is 119 cm³/mol. The van der Waals surface area contributed by atoms with Gasteiger partial charge in [-0.2, -0.15) is 0 Å². The molecule has 0 radical (unpaired) electrons. The molecule has 6 heteroatoms. The lowest BCUT2D eigenvalue weighted by molar-refractivity contribution is -0.142. The van der Waals surface area contributed by atoms with Crippen molar-refractivity contribution >= 4 is 27.7 Å². The summed E-state index contributed by atoms with van der Waals surface area (Å²) >= 11 is 3.45. The number of nitrogens with zero attached hydrogens (tertiary/aromatic N) is 1. The number of nitrogens with one attached hydrogen (secondary N) is 1. The van der Waals surface area contributed by atoms with Crippen molar-refractivity contribution in [3.05, 3.63) is 64.1 Å². The Labute approximate surface area is 181 Å². The molecule has 2 rings (SSSR count). The Bertz CT molecular complexity index is 821. The Morgan fingerprint density at radius 3 is 2.38 bits per heavy atom. The van der Waals surface area contributed by atoms with E-state index in [0.717, 1.165) is 10.0 Å². The summed E-state index contributed by atoms with van der Waals surface area (Å²) in [5.41, 5.74) is 2.15. The van der Waals surface area contributed by atoms with Crippen LogP contribution in [0.4, 0.5) is 0 Å². The molecule has 1 unspecified atom stereocenters. The highest BCUT2D eigenvalue weighted by Crippen LogP contribution is 2.19. The quantitative estimate of drug-likeness (QED) is 0.598. The molecule has 2 aromatic carbocycles. The lowest BCUT2D eigenvalue weighted by Crippen LogP contribution is -2.49. The molecule has 1 atom stereocenters. The minimum Gasteiger partial charge on any atom is -0.484 e. The monoisotopic (exact) mass is 460 g/mol. The number of hydrogen-bond donors (Lipinski definition) is 1. The molecule has 0 heterocycles. The van der Waals surface area contributed by atoms with Gasteiger partial charge in [0.25, 0.3) is 5.91 Å². The number of ether oxygens (including phenoxy) is 1. The van der Waals surface area contributed by atoms with E-state index in [2.05, 4.69) is 35.1 Å². The first-order valence-electron chi connectivity index (χ1n) is 9.86. The number of likely N-dealkylation sites (N-methyl/N-ethyl adjacent to an activating group) is 1. The molecule has 2 aromatic rings. The van der Waals surface area contributed by atoms with Gasteiger partial charge >= 0.3 is 0 Å². The van der Waals surface area contributed by atoms with Gasteiger partial charge in [0.2, 0.25) is 5.91 Å². The Hall–Kier alpha value is -2.34. The van der Waals surface area contributed by atoms with Crippen molar-refractivity contribution in [2.75, 3.05) is 13.2 Å². The van der Waals surface area contributed by atoms with Crippen LogP contribution in [-0.4, -0.2) is 35.9 Å². The Morgan fingerprint density at radius 2 is 1.79 bits per heavy atom. The molecule has 0 aromatic heterocycles. The van der Waals surface area contributed by atoms with Crippen LogP contribution in [0.3, 0.4) is 0 Å². The predicted octanol–water partition coefficient (Wildman–Crippen LogP) is 4.50. The maximum atomic E-state index is 12.9. The smallest absolute Gasteiger partial charge is 0.261 e. The first-order valence-corrected chi connectivity index (χ1v) is 10.7. The van der Waals surface area contributed by atoms with Gasteiger partial charge < -0.3 is 15.0 Å². The van der Waals surface area contributed by atoms with E-state index in [-0.39, 0.29) is 18.4 Å². The van der Waals surface area contributed by atoms with Crippen molar-refractivity contribution in [3.8, 4) is 5.75 Å². The molecule has 5 nitrogen and oxygen atoms in total. The second-order valence-corrected chi connectivity index (χ2v) is 8.15. The molecule has 0 bridgehead atoms. The third-order valence-electron chi connectivity index (χ3n) is 4.67. The van der Waals surface area contributed by atoms with Gasteiger partial charge in [-0.1, -0.05) is 54.0 Å². The third-order valence-corrected chi connectivity index (χ3v) is 5.16. The fourth-order valence-electron chi connectivity index (χ4n) is 2.91. The molecule has 0 aliphatic rings. The largest absolute Gasteiger partial charge is 0.484 e. The van der Waals surface area contributed by atoms with Gasteiger partial charge in [0.15, 0.2) is 6.61 Å². The SMILES string of the molecule is CCNC(=O)C(C)N(Cc1cccc(Br)c1)C(=O)COc1ccc(C(C)C)cc1. The lowest BCUT2D eigenvalue weighted by Gasteiger charge is -2.28. The van der Waals surface area contributed by atoms with Gasteiger partial charge in [0, 0.05) is 17.6 Å². The fourth-order valence-corrected chi connectivity index (χ4v) is 3.36. The summed E-state index contributed by atoms with van der Waals surface area (Å²) in [7, 11) is 0. The van der Waals surface area contributed by atoms with Gasteiger partial charge in [-0.3, -0.25) is 9.59 Å². The molecule has 1 N–H and O–H groups in total. The second-order valence-electron chi connectivity index (χ2n) is 7.23. The molecule has 2 amide bonds. The van der Waals surface area contributed by atoms with E-state index in [9.17, 15) is 9.59 Å². The van der Waals surface area contributed by atoms with E-state index in [1.165, 1.54) is 5.56 Å². The van der Waals surface area contributed by atoms with Crippen LogP contribution in [-0.2, 0) is 16.1 Å². The zero-order chi connectivity index (χ0) is 21.4. The van der Waals surface area contributed by atoms with E-state index in [4.69, 9.17) is 4.74 Å². The van der Waals surface area contributed by atoms with Crippen molar-refractivity contribution in [2.45, 2.75) is 46.2 Å². The minimum absolute atomic E-state index is 0.126. The van der Waals surface area contributed by atoms with Gasteiger partial charge in [-0.05, 0) is 55.2 Å². The van der Waals surface area contributed by atoms with Crippen LogP contribution in [0.15, 0.2) is 53.0 Å². The number of benzene rings is 2. The van der Waals surface area contributed by atoms with E-state index >= 15 is 0 Å². The molecule has 0 saturated heterocycles. The Morgan fingerprint density at radius 1 is 1.10 bits per heavy atom. The standard InChI is InChI=1S/C23H29BrN2O3/c1-5-25-23(28)17(4)26(14-18-7-6-8-20(24)13-18)22(27)15-29-21-11-9-19(10-12-21)16(2)3/h6-13,16-17H,5,14-15H2,1-4H3,(H,25,28). The van der Waals surface area contributed by atoms with Crippen LogP contribution in [0.5, 0.6) is 5.75 Å². The molecular formula is C23H29BrN2O3. The fraction of sp³-hybridized carbons (Fsp3) is 0.391. The minimum atomic E-state index is -0.603. The summed E-state index contributed by atoms with van der Waals surface area (Å²) in [6, 6.07) is 14.8. The number of halogens is 1. The maximum absolute atomic E-state index is 12.9. The highest BCUT2D eigenvalue weighted by atomic mass is 79.9. The maximum Gasteiger partial charge on any atom is 0.261 e. The van der Waals surface area contributed by atoms with Crippen LogP contribution < -0.4 is 10.1 Å². The summed E-state index contributed by atoms with van der Waals surface area (Å²) in [6.45, 7) is 8.56. The summed E-state index contributed by atoms with van der Waals surface area (Å²) < 4.78 is 6.63.